The topological polar surface area (TPSA) is 78.4 Å². The van der Waals surface area contributed by atoms with Crippen molar-refractivity contribution in [3.05, 3.63) is 36.7 Å². The van der Waals surface area contributed by atoms with Gasteiger partial charge >= 0.3 is 11.9 Å². The molecule has 0 amide bonds. The summed E-state index contributed by atoms with van der Waals surface area (Å²) in [6.07, 6.45) is 16.2. The van der Waals surface area contributed by atoms with Crippen LogP contribution in [-0.2, 0) is 9.59 Å². The first-order valence-electron chi connectivity index (χ1n) is 12.5. The molecule has 1 aromatic carbocycles. The Hall–Kier alpha value is -2.76. The number of unbranched alkanes of at least 4 members (excludes halogenated alkanes) is 9. The third-order valence-electron chi connectivity index (χ3n) is 5.42. The molecule has 0 spiro atoms. The van der Waals surface area contributed by atoms with E-state index < -0.39 is 0 Å². The molecule has 180 valence electrons. The molecule has 0 atom stereocenters. The molecule has 6 nitrogen and oxygen atoms in total. The first kappa shape index (κ1) is 26.5. The number of aromatic nitrogens is 2. The van der Waals surface area contributed by atoms with Crippen LogP contribution in [-0.4, -0.2) is 21.9 Å². The van der Waals surface area contributed by atoms with Gasteiger partial charge < -0.3 is 9.47 Å². The van der Waals surface area contributed by atoms with Crippen LogP contribution >= 0.6 is 0 Å². The molecule has 0 bridgehead atoms. The summed E-state index contributed by atoms with van der Waals surface area (Å²) in [7, 11) is 0. The van der Waals surface area contributed by atoms with Gasteiger partial charge in [-0.1, -0.05) is 71.6 Å². The summed E-state index contributed by atoms with van der Waals surface area (Å²) >= 11 is 0. The Morgan fingerprint density at radius 1 is 0.636 bits per heavy atom. The van der Waals surface area contributed by atoms with E-state index in [0.29, 0.717) is 30.2 Å². The summed E-state index contributed by atoms with van der Waals surface area (Å²) in [5.41, 5.74) is 0.790. The summed E-state index contributed by atoms with van der Waals surface area (Å²) < 4.78 is 10.7. The highest BCUT2D eigenvalue weighted by atomic mass is 16.5. The monoisotopic (exact) mass is 454 g/mol. The van der Waals surface area contributed by atoms with Crippen molar-refractivity contribution in [2.45, 2.75) is 97.3 Å². The van der Waals surface area contributed by atoms with Crippen molar-refractivity contribution >= 4 is 11.9 Å². The van der Waals surface area contributed by atoms with Crippen molar-refractivity contribution in [1.82, 2.24) is 9.97 Å². The van der Waals surface area contributed by atoms with Gasteiger partial charge in [0.05, 0.1) is 12.4 Å². The zero-order chi connectivity index (χ0) is 23.7. The summed E-state index contributed by atoms with van der Waals surface area (Å²) in [5.74, 6) is 0.910. The number of benzene rings is 1. The zero-order valence-electron chi connectivity index (χ0n) is 20.2. The van der Waals surface area contributed by atoms with Gasteiger partial charge in [0.1, 0.15) is 5.75 Å². The number of carbonyl (C=O) groups excluding carboxylic acids is 2. The average Bonchev–Trinajstić information content (AvgIpc) is 2.82. The Labute approximate surface area is 198 Å². The molecule has 0 aliphatic carbocycles. The van der Waals surface area contributed by atoms with E-state index >= 15 is 0 Å². The second-order valence-corrected chi connectivity index (χ2v) is 8.40. The van der Waals surface area contributed by atoms with Crippen molar-refractivity contribution in [2.75, 3.05) is 0 Å². The van der Waals surface area contributed by atoms with Crippen LogP contribution in [0.25, 0.3) is 11.4 Å². The van der Waals surface area contributed by atoms with Gasteiger partial charge in [-0.2, -0.15) is 0 Å². The van der Waals surface area contributed by atoms with Crippen molar-refractivity contribution < 1.29 is 19.1 Å². The van der Waals surface area contributed by atoms with E-state index in [2.05, 4.69) is 23.8 Å². The van der Waals surface area contributed by atoms with Crippen LogP contribution in [0.4, 0.5) is 0 Å². The third-order valence-corrected chi connectivity index (χ3v) is 5.42. The van der Waals surface area contributed by atoms with Gasteiger partial charge in [0.2, 0.25) is 0 Å². The van der Waals surface area contributed by atoms with E-state index in [0.717, 1.165) is 44.1 Å². The standard InChI is InChI=1S/C27H38N2O4/c1-3-5-7-9-10-11-13-15-26(31)33-24-20-28-27(29-21-24)22-16-18-23(19-17-22)32-25(30)14-12-8-6-4-2/h16-21H,3-15H2,1-2H3. The maximum absolute atomic E-state index is 12.0. The Kier molecular flexibility index (Phi) is 12.8. The molecule has 0 unspecified atom stereocenters. The quantitative estimate of drug-likeness (QED) is 0.153. The lowest BCUT2D eigenvalue weighted by molar-refractivity contribution is -0.135. The zero-order valence-corrected chi connectivity index (χ0v) is 20.2. The largest absolute Gasteiger partial charge is 0.427 e. The Morgan fingerprint density at radius 2 is 1.09 bits per heavy atom. The van der Waals surface area contributed by atoms with E-state index in [9.17, 15) is 9.59 Å². The minimum absolute atomic E-state index is 0.210. The molecule has 0 radical (unpaired) electrons. The number of ether oxygens (including phenoxy) is 2. The van der Waals surface area contributed by atoms with E-state index in [-0.39, 0.29) is 11.9 Å². The highest BCUT2D eigenvalue weighted by molar-refractivity contribution is 5.73. The molecule has 0 fully saturated rings. The molecule has 0 saturated carbocycles. The fraction of sp³-hybridized carbons (Fsp3) is 0.556. The van der Waals surface area contributed by atoms with Gasteiger partial charge in [-0.25, -0.2) is 9.97 Å². The first-order chi connectivity index (χ1) is 16.1. The predicted octanol–water partition coefficient (Wildman–Crippen LogP) is 7.07. The third kappa shape index (κ3) is 11.1. The number of esters is 2. The van der Waals surface area contributed by atoms with E-state index in [1.165, 1.54) is 44.5 Å². The molecule has 6 heteroatoms. The highest BCUT2D eigenvalue weighted by Gasteiger charge is 2.09. The normalized spacial score (nSPS) is 10.7. The summed E-state index contributed by atoms with van der Waals surface area (Å²) in [6.45, 7) is 4.35. The Bertz CT molecular complexity index is 819. The van der Waals surface area contributed by atoms with Crippen molar-refractivity contribution in [3.8, 4) is 22.9 Å². The summed E-state index contributed by atoms with van der Waals surface area (Å²) in [6, 6.07) is 7.08. The van der Waals surface area contributed by atoms with Crippen LogP contribution in [0, 0.1) is 0 Å². The molecule has 1 aromatic heterocycles. The van der Waals surface area contributed by atoms with Crippen LogP contribution in [0.1, 0.15) is 97.3 Å². The molecule has 1 heterocycles. The number of hydrogen-bond donors (Lipinski definition) is 0. The molecular formula is C27H38N2O4. The van der Waals surface area contributed by atoms with Gasteiger partial charge in [0, 0.05) is 18.4 Å². The van der Waals surface area contributed by atoms with Gasteiger partial charge in [0.25, 0.3) is 0 Å². The van der Waals surface area contributed by atoms with Crippen molar-refractivity contribution in [2.24, 2.45) is 0 Å². The lowest BCUT2D eigenvalue weighted by Gasteiger charge is -2.07. The predicted molar refractivity (Wildman–Crippen MR) is 130 cm³/mol. The van der Waals surface area contributed by atoms with Crippen LogP contribution in [0.15, 0.2) is 36.7 Å². The maximum atomic E-state index is 12.0. The van der Waals surface area contributed by atoms with Gasteiger partial charge in [-0.15, -0.1) is 0 Å². The minimum atomic E-state index is -0.249. The first-order valence-corrected chi connectivity index (χ1v) is 12.5. The van der Waals surface area contributed by atoms with E-state index in [4.69, 9.17) is 9.47 Å². The molecule has 2 rings (SSSR count). The molecule has 0 aliphatic heterocycles. The summed E-state index contributed by atoms with van der Waals surface area (Å²) in [4.78, 5) is 32.5. The fourth-order valence-electron chi connectivity index (χ4n) is 3.48. The average molecular weight is 455 g/mol. The smallest absolute Gasteiger partial charge is 0.311 e. The number of nitrogens with zero attached hydrogens (tertiary/aromatic N) is 2. The Balaban J connectivity index is 1.73. The van der Waals surface area contributed by atoms with E-state index in [1.54, 1.807) is 24.3 Å². The van der Waals surface area contributed by atoms with Crippen LogP contribution in [0.3, 0.4) is 0 Å². The highest BCUT2D eigenvalue weighted by Crippen LogP contribution is 2.21. The van der Waals surface area contributed by atoms with Gasteiger partial charge in [-0.3, -0.25) is 9.59 Å². The van der Waals surface area contributed by atoms with Gasteiger partial charge in [-0.05, 0) is 37.1 Å². The SMILES string of the molecule is CCCCCCCCCC(=O)Oc1cnc(-c2ccc(OC(=O)CCCCCC)cc2)nc1. The second-order valence-electron chi connectivity index (χ2n) is 8.40. The summed E-state index contributed by atoms with van der Waals surface area (Å²) in [5, 5.41) is 0. The molecule has 2 aromatic rings. The number of hydrogen-bond acceptors (Lipinski definition) is 6. The molecule has 0 saturated heterocycles. The van der Waals surface area contributed by atoms with Crippen LogP contribution in [0.2, 0.25) is 0 Å². The molecule has 0 aliphatic rings. The lowest BCUT2D eigenvalue weighted by atomic mass is 10.1. The Morgan fingerprint density at radius 3 is 1.64 bits per heavy atom. The number of rotatable bonds is 16. The molecule has 33 heavy (non-hydrogen) atoms. The minimum Gasteiger partial charge on any atom is -0.427 e. The number of carbonyl (C=O) groups is 2. The molecular weight excluding hydrogens is 416 g/mol. The second kappa shape index (κ2) is 15.9. The lowest BCUT2D eigenvalue weighted by Crippen LogP contribution is -2.08. The van der Waals surface area contributed by atoms with E-state index in [1.807, 2.05) is 0 Å². The van der Waals surface area contributed by atoms with Crippen molar-refractivity contribution in [1.29, 1.82) is 0 Å². The van der Waals surface area contributed by atoms with Crippen LogP contribution < -0.4 is 9.47 Å². The maximum Gasteiger partial charge on any atom is 0.311 e. The van der Waals surface area contributed by atoms with Crippen LogP contribution in [0.5, 0.6) is 11.5 Å². The fourth-order valence-corrected chi connectivity index (χ4v) is 3.48. The molecule has 0 N–H and O–H groups in total. The van der Waals surface area contributed by atoms with Gasteiger partial charge in [0.15, 0.2) is 11.6 Å². The van der Waals surface area contributed by atoms with Crippen molar-refractivity contribution in [3.63, 3.8) is 0 Å².